The third kappa shape index (κ3) is 3.70. The number of aliphatic hydroxyl groups is 1. The molecule has 1 saturated heterocycles. The molecule has 1 aliphatic heterocycles. The summed E-state index contributed by atoms with van der Waals surface area (Å²) in [4.78, 5) is 6.93. The molecule has 0 aliphatic carbocycles. The van der Waals surface area contributed by atoms with Gasteiger partial charge in [0.15, 0.2) is 0 Å². The molecule has 0 saturated carbocycles. The Kier molecular flexibility index (Phi) is 4.99. The van der Waals surface area contributed by atoms with Gasteiger partial charge in [-0.15, -0.1) is 0 Å². The average Bonchev–Trinajstić information content (AvgIpc) is 3.14. The number of nitrogens with zero attached hydrogens (tertiary/aromatic N) is 4. The van der Waals surface area contributed by atoms with Gasteiger partial charge in [0.05, 0.1) is 41.5 Å². The number of piperidine rings is 1. The summed E-state index contributed by atoms with van der Waals surface area (Å²) in [7, 11) is 2.09. The number of likely N-dealkylation sites (tertiary alicyclic amines) is 1. The molecule has 5 heteroatoms. The topological polar surface area (TPSA) is 65.1 Å². The van der Waals surface area contributed by atoms with Gasteiger partial charge in [-0.05, 0) is 32.0 Å². The predicted molar refractivity (Wildman–Crippen MR) is 109 cm³/mol. The summed E-state index contributed by atoms with van der Waals surface area (Å²) in [6.07, 6.45) is 3.28. The third-order valence-electron chi connectivity index (χ3n) is 5.53. The van der Waals surface area contributed by atoms with Crippen molar-refractivity contribution in [3.05, 3.63) is 66.5 Å². The van der Waals surface area contributed by atoms with E-state index in [2.05, 4.69) is 23.0 Å². The lowest BCUT2D eigenvalue weighted by Crippen LogP contribution is -2.45. The minimum atomic E-state index is -0.747. The zero-order valence-corrected chi connectivity index (χ0v) is 16.0. The molecular weight excluding hydrogens is 348 g/mol. The normalized spacial score (nSPS) is 16.6. The molecule has 28 heavy (non-hydrogen) atoms. The number of hydrogen-bond acceptors (Lipinski definition) is 4. The maximum Gasteiger partial charge on any atom is 0.0991 e. The number of benzene rings is 2. The Bertz CT molecular complexity index is 995. The first kappa shape index (κ1) is 18.4. The van der Waals surface area contributed by atoms with Crippen molar-refractivity contribution in [1.82, 2.24) is 14.5 Å². The van der Waals surface area contributed by atoms with Crippen molar-refractivity contribution in [1.29, 1.82) is 5.26 Å². The number of nitriles is 1. The van der Waals surface area contributed by atoms with E-state index < -0.39 is 5.60 Å². The molecule has 4 rings (SSSR count). The number of rotatable bonds is 4. The van der Waals surface area contributed by atoms with E-state index in [4.69, 9.17) is 0 Å². The van der Waals surface area contributed by atoms with E-state index in [0.717, 1.165) is 48.4 Å². The Balaban J connectivity index is 1.79. The van der Waals surface area contributed by atoms with Gasteiger partial charge in [-0.3, -0.25) is 0 Å². The molecule has 0 spiro atoms. The smallest absolute Gasteiger partial charge is 0.0991 e. The highest BCUT2D eigenvalue weighted by Gasteiger charge is 2.32. The second-order valence-electron chi connectivity index (χ2n) is 7.66. The maximum absolute atomic E-state index is 11.2. The zero-order chi connectivity index (χ0) is 19.6. The maximum atomic E-state index is 11.2. The van der Waals surface area contributed by atoms with Gasteiger partial charge in [0.25, 0.3) is 0 Å². The Labute approximate surface area is 165 Å². The number of aromatic nitrogens is 2. The van der Waals surface area contributed by atoms with Crippen molar-refractivity contribution < 1.29 is 5.11 Å². The van der Waals surface area contributed by atoms with Crippen molar-refractivity contribution in [2.45, 2.75) is 25.0 Å². The highest BCUT2D eigenvalue weighted by Crippen LogP contribution is 2.34. The quantitative estimate of drug-likeness (QED) is 0.761. The molecule has 2 aromatic carbocycles. The molecule has 3 aromatic rings. The molecule has 5 nitrogen and oxygen atoms in total. The zero-order valence-electron chi connectivity index (χ0n) is 16.0. The van der Waals surface area contributed by atoms with E-state index in [1.54, 1.807) is 6.07 Å². The first-order valence-corrected chi connectivity index (χ1v) is 9.60. The van der Waals surface area contributed by atoms with Crippen molar-refractivity contribution in [2.24, 2.45) is 0 Å². The molecule has 1 aromatic heterocycles. The van der Waals surface area contributed by atoms with Crippen LogP contribution in [0.4, 0.5) is 0 Å². The lowest BCUT2D eigenvalue weighted by atomic mass is 9.91. The van der Waals surface area contributed by atoms with Gasteiger partial charge in [0.1, 0.15) is 0 Å². The standard InChI is InChI=1S/C23H24N4O/c1-26-12-10-23(28,11-13-26)16-27-17-25-21(19-7-3-2-4-8-19)22(27)20-9-5-6-18(14-20)15-24/h2-9,14,17,28H,10-13,16H2,1H3. The molecule has 0 bridgehead atoms. The number of hydrogen-bond donors (Lipinski definition) is 1. The second kappa shape index (κ2) is 7.59. The van der Waals surface area contributed by atoms with Crippen molar-refractivity contribution in [2.75, 3.05) is 20.1 Å². The van der Waals surface area contributed by atoms with Crippen molar-refractivity contribution >= 4 is 0 Å². The van der Waals surface area contributed by atoms with E-state index in [9.17, 15) is 10.4 Å². The summed E-state index contributed by atoms with van der Waals surface area (Å²) >= 11 is 0. The van der Waals surface area contributed by atoms with Crippen LogP contribution in [0, 0.1) is 11.3 Å². The Morgan fingerprint density at radius 3 is 2.50 bits per heavy atom. The van der Waals surface area contributed by atoms with Crippen LogP contribution in [0.3, 0.4) is 0 Å². The summed E-state index contributed by atoms with van der Waals surface area (Å²) in [5.41, 5.74) is 3.63. The van der Waals surface area contributed by atoms with Crippen LogP contribution >= 0.6 is 0 Å². The molecular formula is C23H24N4O. The summed E-state index contributed by atoms with van der Waals surface area (Å²) in [5.74, 6) is 0. The van der Waals surface area contributed by atoms with E-state index in [0.29, 0.717) is 12.1 Å². The summed E-state index contributed by atoms with van der Waals surface area (Å²) < 4.78 is 2.05. The van der Waals surface area contributed by atoms with Crippen LogP contribution in [0.15, 0.2) is 60.9 Å². The highest BCUT2D eigenvalue weighted by molar-refractivity contribution is 5.79. The average molecular weight is 372 g/mol. The van der Waals surface area contributed by atoms with Gasteiger partial charge >= 0.3 is 0 Å². The number of imidazole rings is 1. The van der Waals surface area contributed by atoms with Crippen LogP contribution in [0.2, 0.25) is 0 Å². The Morgan fingerprint density at radius 1 is 1.07 bits per heavy atom. The lowest BCUT2D eigenvalue weighted by Gasteiger charge is -2.37. The van der Waals surface area contributed by atoms with Gasteiger partial charge in [-0.25, -0.2) is 4.98 Å². The fraction of sp³-hybridized carbons (Fsp3) is 0.304. The summed E-state index contributed by atoms with van der Waals surface area (Å²) in [6.45, 7) is 2.26. The molecule has 0 amide bonds. The molecule has 2 heterocycles. The van der Waals surface area contributed by atoms with Gasteiger partial charge in [0, 0.05) is 24.2 Å². The van der Waals surface area contributed by atoms with E-state index in [-0.39, 0.29) is 0 Å². The molecule has 1 aliphatic rings. The van der Waals surface area contributed by atoms with Crippen LogP contribution in [-0.4, -0.2) is 45.3 Å². The monoisotopic (exact) mass is 372 g/mol. The lowest BCUT2D eigenvalue weighted by molar-refractivity contribution is -0.0287. The SMILES string of the molecule is CN1CCC(O)(Cn2cnc(-c3ccccc3)c2-c2cccc(C#N)c2)CC1. The van der Waals surface area contributed by atoms with Crippen LogP contribution in [0.25, 0.3) is 22.5 Å². The van der Waals surface area contributed by atoms with Crippen molar-refractivity contribution in [3.8, 4) is 28.6 Å². The van der Waals surface area contributed by atoms with Crippen LogP contribution in [-0.2, 0) is 6.54 Å². The van der Waals surface area contributed by atoms with E-state index in [1.807, 2.05) is 59.4 Å². The minimum absolute atomic E-state index is 0.493. The van der Waals surface area contributed by atoms with Gasteiger partial charge in [0.2, 0.25) is 0 Å². The Morgan fingerprint density at radius 2 is 1.79 bits per heavy atom. The van der Waals surface area contributed by atoms with Gasteiger partial charge in [-0.2, -0.15) is 5.26 Å². The van der Waals surface area contributed by atoms with Gasteiger partial charge in [-0.1, -0.05) is 42.5 Å². The molecule has 0 atom stereocenters. The highest BCUT2D eigenvalue weighted by atomic mass is 16.3. The van der Waals surface area contributed by atoms with Crippen molar-refractivity contribution in [3.63, 3.8) is 0 Å². The third-order valence-corrected chi connectivity index (χ3v) is 5.53. The predicted octanol–water partition coefficient (Wildman–Crippen LogP) is 3.55. The first-order chi connectivity index (χ1) is 13.6. The minimum Gasteiger partial charge on any atom is -0.388 e. The molecule has 0 unspecified atom stereocenters. The first-order valence-electron chi connectivity index (χ1n) is 9.60. The van der Waals surface area contributed by atoms with E-state index >= 15 is 0 Å². The molecule has 142 valence electrons. The van der Waals surface area contributed by atoms with Crippen LogP contribution < -0.4 is 0 Å². The second-order valence-corrected chi connectivity index (χ2v) is 7.66. The molecule has 1 N–H and O–H groups in total. The largest absolute Gasteiger partial charge is 0.388 e. The fourth-order valence-corrected chi connectivity index (χ4v) is 3.86. The molecule has 0 radical (unpaired) electrons. The summed E-state index contributed by atoms with van der Waals surface area (Å²) in [6, 6.07) is 19.8. The van der Waals surface area contributed by atoms with E-state index in [1.165, 1.54) is 0 Å². The molecule has 1 fully saturated rings. The Hall–Kier alpha value is -2.94. The van der Waals surface area contributed by atoms with Crippen LogP contribution in [0.1, 0.15) is 18.4 Å². The fourth-order valence-electron chi connectivity index (χ4n) is 3.86. The van der Waals surface area contributed by atoms with Gasteiger partial charge < -0.3 is 14.6 Å². The summed E-state index contributed by atoms with van der Waals surface area (Å²) in [5, 5.41) is 20.5. The van der Waals surface area contributed by atoms with Crippen LogP contribution in [0.5, 0.6) is 0 Å².